The molecule has 1 saturated heterocycles. The van der Waals surface area contributed by atoms with Crippen molar-refractivity contribution >= 4 is 37.5 Å². The molecule has 1 amide bonds. The molecule has 1 spiro atoms. The smallest absolute Gasteiger partial charge is 0.337 e. The molecule has 0 aromatic heterocycles. The van der Waals surface area contributed by atoms with Gasteiger partial charge in [0.05, 0.1) is 41.5 Å². The number of aliphatic hydroxyl groups is 1. The number of fused-ring (bicyclic) bond motifs is 5. The van der Waals surface area contributed by atoms with Crippen LogP contribution in [0.4, 0.5) is 5.69 Å². The van der Waals surface area contributed by atoms with Gasteiger partial charge in [-0.3, -0.25) is 4.79 Å². The summed E-state index contributed by atoms with van der Waals surface area (Å²) in [6.45, 7) is 14.1. The van der Waals surface area contributed by atoms with Crippen LogP contribution in [0.15, 0.2) is 42.5 Å². The van der Waals surface area contributed by atoms with E-state index in [0.29, 0.717) is 30.6 Å². The quantitative estimate of drug-likeness (QED) is 0.246. The van der Waals surface area contributed by atoms with E-state index in [-0.39, 0.29) is 40.1 Å². The van der Waals surface area contributed by atoms with E-state index in [1.807, 2.05) is 29.2 Å². The second kappa shape index (κ2) is 13.3. The average Bonchev–Trinajstić information content (AvgIpc) is 3.16. The van der Waals surface area contributed by atoms with Crippen LogP contribution in [-0.4, -0.2) is 73.7 Å². The largest absolute Gasteiger partial charge is 0.490 e. The van der Waals surface area contributed by atoms with Crippen molar-refractivity contribution in [2.24, 2.45) is 11.8 Å². The van der Waals surface area contributed by atoms with E-state index in [0.717, 1.165) is 80.6 Å². The predicted molar refractivity (Wildman–Crippen MR) is 199 cm³/mol. The standard InChI is InChI=1S/C40H53ClN2O6Si/c1-39(2,3)50(4,5)49-35-10-6-9-28-15-17-43(28)37(45)21-34(44)26-12-14-36-33(19-26)42(22-27-11-13-29(27)35)23-40(24-48-36)16-7-8-25-18-32(41)30(38(46)47)20-31(25)40/h6,10,12,14,18-20,27-29,34-35,44H,7-9,11,13,15-17,21-24H2,1-5H3,(H,46,47)/b10-6+/t27-,28-,29+,34-,35-,40-/m0/s1. The molecule has 3 aliphatic heterocycles. The summed E-state index contributed by atoms with van der Waals surface area (Å²) < 4.78 is 13.9. The predicted octanol–water partition coefficient (Wildman–Crippen LogP) is 7.91. The number of amides is 1. The molecule has 5 aliphatic rings. The number of halogens is 1. The molecule has 3 heterocycles. The maximum atomic E-state index is 13.4. The van der Waals surface area contributed by atoms with Crippen LogP contribution >= 0.6 is 11.6 Å². The summed E-state index contributed by atoms with van der Waals surface area (Å²) in [5, 5.41) is 21.8. The highest BCUT2D eigenvalue weighted by atomic mass is 35.5. The van der Waals surface area contributed by atoms with E-state index in [9.17, 15) is 19.8 Å². The van der Waals surface area contributed by atoms with Gasteiger partial charge >= 0.3 is 5.97 Å². The van der Waals surface area contributed by atoms with Crippen molar-refractivity contribution in [1.29, 1.82) is 0 Å². The third-order valence-electron chi connectivity index (χ3n) is 13.0. The highest BCUT2D eigenvalue weighted by molar-refractivity contribution is 6.74. The van der Waals surface area contributed by atoms with Crippen LogP contribution in [0, 0.1) is 11.8 Å². The third-order valence-corrected chi connectivity index (χ3v) is 17.7. The highest BCUT2D eigenvalue weighted by Crippen LogP contribution is 2.49. The van der Waals surface area contributed by atoms with Crippen LogP contribution < -0.4 is 9.64 Å². The molecule has 2 fully saturated rings. The van der Waals surface area contributed by atoms with Crippen LogP contribution in [0.5, 0.6) is 5.75 Å². The van der Waals surface area contributed by atoms with Crippen molar-refractivity contribution in [2.45, 2.75) is 114 Å². The number of benzene rings is 2. The zero-order valence-electron chi connectivity index (χ0n) is 30.2. The lowest BCUT2D eigenvalue weighted by molar-refractivity contribution is -0.140. The molecule has 270 valence electrons. The zero-order chi connectivity index (χ0) is 35.6. The summed E-state index contributed by atoms with van der Waals surface area (Å²) in [5.41, 5.74) is 3.40. The number of aromatic carboxylic acids is 1. The average molecular weight is 721 g/mol. The van der Waals surface area contributed by atoms with Gasteiger partial charge in [0.2, 0.25) is 5.91 Å². The number of rotatable bonds is 3. The first-order valence-corrected chi connectivity index (χ1v) is 21.8. The van der Waals surface area contributed by atoms with Crippen LogP contribution in [0.25, 0.3) is 0 Å². The number of carboxylic acids is 1. The Morgan fingerprint density at radius 2 is 1.94 bits per heavy atom. The minimum absolute atomic E-state index is 0.00716. The van der Waals surface area contributed by atoms with Crippen molar-refractivity contribution in [3.05, 3.63) is 69.8 Å². The zero-order valence-corrected chi connectivity index (χ0v) is 32.0. The van der Waals surface area contributed by atoms with E-state index >= 15 is 0 Å². The van der Waals surface area contributed by atoms with Crippen molar-refractivity contribution in [2.75, 3.05) is 31.1 Å². The Bertz CT molecular complexity index is 1690. The Morgan fingerprint density at radius 3 is 2.62 bits per heavy atom. The highest BCUT2D eigenvalue weighted by Gasteiger charge is 2.47. The third kappa shape index (κ3) is 6.52. The lowest BCUT2D eigenvalue weighted by Crippen LogP contribution is -2.52. The number of aryl methyl sites for hydroxylation is 1. The van der Waals surface area contributed by atoms with E-state index < -0.39 is 25.8 Å². The first-order valence-electron chi connectivity index (χ1n) is 18.6. The summed E-state index contributed by atoms with van der Waals surface area (Å²) in [4.78, 5) is 30.1. The van der Waals surface area contributed by atoms with Crippen LogP contribution in [-0.2, 0) is 21.1 Å². The normalized spacial score (nSPS) is 30.5. The van der Waals surface area contributed by atoms with Crippen molar-refractivity contribution < 1.29 is 29.0 Å². The second-order valence-electron chi connectivity index (χ2n) is 17.1. The molecule has 8 nitrogen and oxygen atoms in total. The SMILES string of the molecule is CC(C)(C)[Si](C)(C)O[C@H]1/C=C/C[C@H]2CCN2C(=O)C[C@H](O)c2ccc3c(c2)N(C[C@@H]2CC[C@H]21)C[C@@]1(CCCc2cc(Cl)c(C(=O)O)cc21)CO3. The van der Waals surface area contributed by atoms with Gasteiger partial charge in [0, 0.05) is 31.1 Å². The maximum absolute atomic E-state index is 13.4. The number of carboxylic acid groups (broad SMARTS) is 1. The summed E-state index contributed by atoms with van der Waals surface area (Å²) in [6, 6.07) is 9.65. The lowest BCUT2D eigenvalue weighted by Gasteiger charge is -2.48. The van der Waals surface area contributed by atoms with Gasteiger partial charge < -0.3 is 29.2 Å². The summed E-state index contributed by atoms with van der Waals surface area (Å²) in [5.74, 6) is 0.426. The van der Waals surface area contributed by atoms with Gasteiger partial charge in [-0.2, -0.15) is 0 Å². The molecule has 2 bridgehead atoms. The minimum Gasteiger partial charge on any atom is -0.490 e. The van der Waals surface area contributed by atoms with Gasteiger partial charge in [-0.05, 0) is 116 Å². The lowest BCUT2D eigenvalue weighted by atomic mass is 9.68. The van der Waals surface area contributed by atoms with E-state index in [4.69, 9.17) is 20.8 Å². The Labute approximate surface area is 302 Å². The molecule has 2 N–H and O–H groups in total. The molecule has 10 heteroatoms. The van der Waals surface area contributed by atoms with Gasteiger partial charge in [-0.15, -0.1) is 0 Å². The van der Waals surface area contributed by atoms with Crippen molar-refractivity contribution in [3.63, 3.8) is 0 Å². The molecular weight excluding hydrogens is 668 g/mol. The van der Waals surface area contributed by atoms with Crippen LogP contribution in [0.3, 0.4) is 0 Å². The van der Waals surface area contributed by atoms with Gasteiger partial charge in [0.15, 0.2) is 8.32 Å². The fourth-order valence-corrected chi connectivity index (χ4v) is 10.2. The number of carbonyl (C=O) groups excluding carboxylic acids is 1. The summed E-state index contributed by atoms with van der Waals surface area (Å²) >= 11 is 6.49. The fraction of sp³-hybridized carbons (Fsp3) is 0.600. The Hall–Kier alpha value is -2.85. The molecule has 0 radical (unpaired) electrons. The minimum atomic E-state index is -2.10. The number of aliphatic hydroxyl groups excluding tert-OH is 1. The molecule has 2 aliphatic carbocycles. The molecule has 2 aromatic rings. The fourth-order valence-electron chi connectivity index (χ4n) is 8.64. The van der Waals surface area contributed by atoms with Gasteiger partial charge in [0.25, 0.3) is 0 Å². The second-order valence-corrected chi connectivity index (χ2v) is 22.2. The molecule has 6 atom stereocenters. The first kappa shape index (κ1) is 35.5. The van der Waals surface area contributed by atoms with Crippen molar-refractivity contribution in [3.8, 4) is 5.75 Å². The number of carbonyl (C=O) groups is 2. The first-order chi connectivity index (χ1) is 23.7. The molecule has 7 rings (SSSR count). The van der Waals surface area contributed by atoms with Crippen molar-refractivity contribution in [1.82, 2.24) is 4.90 Å². The molecule has 50 heavy (non-hydrogen) atoms. The summed E-state index contributed by atoms with van der Waals surface area (Å²) in [7, 11) is -2.10. The molecule has 0 unspecified atom stereocenters. The Balaban J connectivity index is 1.30. The molecule has 1 saturated carbocycles. The number of nitrogens with zero attached hydrogens (tertiary/aromatic N) is 2. The van der Waals surface area contributed by atoms with Crippen LogP contribution in [0.2, 0.25) is 23.2 Å². The molecule has 2 aromatic carbocycles. The van der Waals surface area contributed by atoms with E-state index in [1.165, 1.54) is 0 Å². The van der Waals surface area contributed by atoms with Gasteiger partial charge in [0.1, 0.15) is 5.75 Å². The van der Waals surface area contributed by atoms with E-state index in [2.05, 4.69) is 50.9 Å². The monoisotopic (exact) mass is 720 g/mol. The number of anilines is 1. The Kier molecular flexibility index (Phi) is 9.44. The maximum Gasteiger partial charge on any atom is 0.337 e. The molecular formula is C40H53ClN2O6Si. The summed E-state index contributed by atoms with van der Waals surface area (Å²) in [6.07, 6.45) is 10.3. The number of hydrogen-bond donors (Lipinski definition) is 2. The number of ether oxygens (including phenoxy) is 1. The van der Waals surface area contributed by atoms with Gasteiger partial charge in [-0.1, -0.05) is 50.6 Å². The van der Waals surface area contributed by atoms with Crippen LogP contribution in [0.1, 0.15) is 98.9 Å². The van der Waals surface area contributed by atoms with Gasteiger partial charge in [-0.25, -0.2) is 4.79 Å². The van der Waals surface area contributed by atoms with E-state index in [1.54, 1.807) is 6.07 Å². The number of hydrogen-bond acceptors (Lipinski definition) is 6. The Morgan fingerprint density at radius 1 is 1.14 bits per heavy atom. The topological polar surface area (TPSA) is 99.5 Å².